The lowest BCUT2D eigenvalue weighted by atomic mass is 10.1. The lowest BCUT2D eigenvalue weighted by molar-refractivity contribution is -0.128. The fourth-order valence-corrected chi connectivity index (χ4v) is 3.61. The number of thioether (sulfide) groups is 1. The van der Waals surface area contributed by atoms with Gasteiger partial charge in [-0.25, -0.2) is 4.68 Å². The van der Waals surface area contributed by atoms with Crippen LogP contribution in [0.3, 0.4) is 0 Å². The van der Waals surface area contributed by atoms with Crippen LogP contribution in [0.4, 0.5) is 0 Å². The van der Waals surface area contributed by atoms with Crippen LogP contribution in [-0.4, -0.2) is 39.8 Å². The largest absolute Gasteiger partial charge is 0.348 e. The molecule has 1 heterocycles. The molecule has 0 fully saturated rings. The van der Waals surface area contributed by atoms with Crippen LogP contribution >= 0.6 is 23.4 Å². The SMILES string of the molecule is CN(C)C(=O)[C@@H](Sc1nnc(-c2ccc(Cl)cc2)n1N)c1ccccc1. The predicted molar refractivity (Wildman–Crippen MR) is 104 cm³/mol. The highest BCUT2D eigenvalue weighted by atomic mass is 35.5. The third-order valence-electron chi connectivity index (χ3n) is 3.76. The number of likely N-dealkylation sites (N-methyl/N-ethyl adjacent to an activating group) is 1. The van der Waals surface area contributed by atoms with Gasteiger partial charge in [-0.15, -0.1) is 10.2 Å². The molecule has 2 N–H and O–H groups in total. The van der Waals surface area contributed by atoms with E-state index in [0.29, 0.717) is 16.0 Å². The highest BCUT2D eigenvalue weighted by molar-refractivity contribution is 8.00. The number of halogens is 1. The molecule has 26 heavy (non-hydrogen) atoms. The fraction of sp³-hybridized carbons (Fsp3) is 0.167. The molecule has 1 atom stereocenters. The summed E-state index contributed by atoms with van der Waals surface area (Å²) < 4.78 is 1.40. The van der Waals surface area contributed by atoms with E-state index in [1.807, 2.05) is 42.5 Å². The van der Waals surface area contributed by atoms with Crippen molar-refractivity contribution in [3.8, 4) is 11.4 Å². The first-order chi connectivity index (χ1) is 12.5. The Morgan fingerprint density at radius 1 is 1.12 bits per heavy atom. The van der Waals surface area contributed by atoms with Gasteiger partial charge in [0.05, 0.1) is 0 Å². The summed E-state index contributed by atoms with van der Waals surface area (Å²) in [6, 6.07) is 16.7. The number of hydrogen-bond acceptors (Lipinski definition) is 5. The van der Waals surface area contributed by atoms with Crippen LogP contribution in [0.25, 0.3) is 11.4 Å². The first-order valence-electron chi connectivity index (χ1n) is 7.86. The zero-order chi connectivity index (χ0) is 18.7. The molecular weight excluding hydrogens is 370 g/mol. The molecule has 3 rings (SSSR count). The van der Waals surface area contributed by atoms with E-state index in [1.54, 1.807) is 31.1 Å². The summed E-state index contributed by atoms with van der Waals surface area (Å²) in [5.41, 5.74) is 1.68. The molecule has 0 unspecified atom stereocenters. The van der Waals surface area contributed by atoms with Crippen LogP contribution < -0.4 is 5.84 Å². The van der Waals surface area contributed by atoms with Crippen molar-refractivity contribution in [1.82, 2.24) is 19.8 Å². The van der Waals surface area contributed by atoms with Gasteiger partial charge >= 0.3 is 0 Å². The minimum Gasteiger partial charge on any atom is -0.348 e. The van der Waals surface area contributed by atoms with E-state index in [9.17, 15) is 4.79 Å². The van der Waals surface area contributed by atoms with E-state index >= 15 is 0 Å². The van der Waals surface area contributed by atoms with Crippen LogP contribution in [0.5, 0.6) is 0 Å². The van der Waals surface area contributed by atoms with Crippen LogP contribution in [0.2, 0.25) is 5.02 Å². The first-order valence-corrected chi connectivity index (χ1v) is 9.12. The fourth-order valence-electron chi connectivity index (χ4n) is 2.38. The lowest BCUT2D eigenvalue weighted by Crippen LogP contribution is -2.27. The van der Waals surface area contributed by atoms with Crippen molar-refractivity contribution in [2.45, 2.75) is 10.4 Å². The Hall–Kier alpha value is -2.51. The van der Waals surface area contributed by atoms with Gasteiger partial charge in [0.25, 0.3) is 0 Å². The van der Waals surface area contributed by atoms with Crippen molar-refractivity contribution < 1.29 is 4.79 Å². The average molecular weight is 388 g/mol. The van der Waals surface area contributed by atoms with Gasteiger partial charge in [0, 0.05) is 24.7 Å². The van der Waals surface area contributed by atoms with Crippen LogP contribution in [0.15, 0.2) is 59.8 Å². The number of hydrogen-bond donors (Lipinski definition) is 1. The summed E-state index contributed by atoms with van der Waals surface area (Å²) in [6.07, 6.45) is 0. The van der Waals surface area contributed by atoms with Crippen molar-refractivity contribution >= 4 is 29.3 Å². The number of rotatable bonds is 5. The Balaban J connectivity index is 1.93. The van der Waals surface area contributed by atoms with Gasteiger partial charge in [-0.3, -0.25) is 4.79 Å². The van der Waals surface area contributed by atoms with Crippen molar-refractivity contribution in [2.75, 3.05) is 19.9 Å². The highest BCUT2D eigenvalue weighted by Crippen LogP contribution is 2.36. The molecule has 0 saturated carbocycles. The molecule has 8 heteroatoms. The molecular formula is C18H18ClN5OS. The van der Waals surface area contributed by atoms with Crippen LogP contribution in [0, 0.1) is 0 Å². The van der Waals surface area contributed by atoms with Crippen molar-refractivity contribution in [1.29, 1.82) is 0 Å². The number of carbonyl (C=O) groups excluding carboxylic acids is 1. The number of carbonyl (C=O) groups is 1. The van der Waals surface area contributed by atoms with Gasteiger partial charge in [0.1, 0.15) is 5.25 Å². The van der Waals surface area contributed by atoms with Gasteiger partial charge < -0.3 is 10.7 Å². The monoisotopic (exact) mass is 387 g/mol. The number of aromatic nitrogens is 3. The highest BCUT2D eigenvalue weighted by Gasteiger charge is 2.26. The second-order valence-corrected chi connectivity index (χ2v) is 7.33. The molecule has 6 nitrogen and oxygen atoms in total. The summed E-state index contributed by atoms with van der Waals surface area (Å²) in [6.45, 7) is 0. The lowest BCUT2D eigenvalue weighted by Gasteiger charge is -2.20. The van der Waals surface area contributed by atoms with E-state index in [2.05, 4.69) is 10.2 Å². The van der Waals surface area contributed by atoms with E-state index in [0.717, 1.165) is 11.1 Å². The summed E-state index contributed by atoms with van der Waals surface area (Å²) in [5, 5.41) is 8.96. The molecule has 134 valence electrons. The Kier molecular flexibility index (Phi) is 5.49. The Morgan fingerprint density at radius 2 is 1.77 bits per heavy atom. The third-order valence-corrected chi connectivity index (χ3v) is 5.21. The normalized spacial score (nSPS) is 12.0. The molecule has 0 aliphatic heterocycles. The third kappa shape index (κ3) is 3.84. The topological polar surface area (TPSA) is 77.0 Å². The van der Waals surface area contributed by atoms with Crippen LogP contribution in [0.1, 0.15) is 10.8 Å². The minimum absolute atomic E-state index is 0.0442. The molecule has 0 aliphatic rings. The van der Waals surface area contributed by atoms with Crippen molar-refractivity contribution in [3.05, 3.63) is 65.2 Å². The number of nitrogen functional groups attached to an aromatic ring is 1. The van der Waals surface area contributed by atoms with Crippen molar-refractivity contribution in [3.63, 3.8) is 0 Å². The molecule has 1 aromatic heterocycles. The van der Waals surface area contributed by atoms with Crippen molar-refractivity contribution in [2.24, 2.45) is 0 Å². The zero-order valence-corrected chi connectivity index (χ0v) is 15.9. The van der Waals surface area contributed by atoms with Crippen LogP contribution in [-0.2, 0) is 4.79 Å². The van der Waals surface area contributed by atoms with Gasteiger partial charge in [-0.1, -0.05) is 53.7 Å². The number of nitrogens with zero attached hydrogens (tertiary/aromatic N) is 4. The standard InChI is InChI=1S/C18H18ClN5OS/c1-23(2)17(25)15(12-6-4-3-5-7-12)26-18-22-21-16(24(18)20)13-8-10-14(19)11-9-13/h3-11,15H,20H2,1-2H3/t15-/m0/s1. The molecule has 0 aliphatic carbocycles. The Bertz CT molecular complexity index is 896. The maximum Gasteiger partial charge on any atom is 0.240 e. The van der Waals surface area contributed by atoms with E-state index in [1.165, 1.54) is 16.4 Å². The Morgan fingerprint density at radius 3 is 2.38 bits per heavy atom. The van der Waals surface area contributed by atoms with Gasteiger partial charge in [-0.05, 0) is 29.8 Å². The minimum atomic E-state index is -0.462. The Labute approximate surface area is 160 Å². The molecule has 0 spiro atoms. The second kappa shape index (κ2) is 7.80. The average Bonchev–Trinajstić information content (AvgIpc) is 3.01. The molecule has 0 bridgehead atoms. The maximum atomic E-state index is 12.7. The molecule has 2 aromatic carbocycles. The molecule has 3 aromatic rings. The first kappa shape index (κ1) is 18.3. The summed E-state index contributed by atoms with van der Waals surface area (Å²) in [5.74, 6) is 6.65. The number of amides is 1. The molecule has 0 radical (unpaired) electrons. The second-order valence-electron chi connectivity index (χ2n) is 5.82. The predicted octanol–water partition coefficient (Wildman–Crippen LogP) is 3.23. The summed E-state index contributed by atoms with van der Waals surface area (Å²) in [4.78, 5) is 14.2. The quantitative estimate of drug-likeness (QED) is 0.537. The van der Waals surface area contributed by atoms with Gasteiger partial charge in [0.2, 0.25) is 11.1 Å². The summed E-state index contributed by atoms with van der Waals surface area (Å²) >= 11 is 7.20. The maximum absolute atomic E-state index is 12.7. The molecule has 1 amide bonds. The number of benzene rings is 2. The smallest absolute Gasteiger partial charge is 0.240 e. The van der Waals surface area contributed by atoms with E-state index < -0.39 is 5.25 Å². The van der Waals surface area contributed by atoms with Gasteiger partial charge in [-0.2, -0.15) is 0 Å². The zero-order valence-electron chi connectivity index (χ0n) is 14.3. The van der Waals surface area contributed by atoms with E-state index in [4.69, 9.17) is 17.4 Å². The molecule has 0 saturated heterocycles. The summed E-state index contributed by atoms with van der Waals surface area (Å²) in [7, 11) is 3.45. The van der Waals surface area contributed by atoms with Gasteiger partial charge in [0.15, 0.2) is 5.82 Å². The number of nitrogens with two attached hydrogens (primary N) is 1. The van der Waals surface area contributed by atoms with E-state index in [-0.39, 0.29) is 5.91 Å².